The Hall–Kier alpha value is -2.97. The van der Waals surface area contributed by atoms with Crippen LogP contribution in [0.5, 0.6) is 0 Å². The van der Waals surface area contributed by atoms with Gasteiger partial charge in [-0.25, -0.2) is 0 Å². The van der Waals surface area contributed by atoms with E-state index in [4.69, 9.17) is 4.74 Å². The molecule has 8 nitrogen and oxygen atoms in total. The molecule has 5 rings (SSSR count). The first-order chi connectivity index (χ1) is 17.2. The van der Waals surface area contributed by atoms with Crippen LogP contribution in [0.2, 0.25) is 0 Å². The molecule has 3 N–H and O–H groups in total. The number of rotatable bonds is 7. The van der Waals surface area contributed by atoms with Crippen molar-refractivity contribution in [3.8, 4) is 0 Å². The molecule has 3 saturated heterocycles. The molecule has 0 saturated carbocycles. The van der Waals surface area contributed by atoms with Gasteiger partial charge in [0.1, 0.15) is 11.6 Å². The number of carbonyl (C=O) groups excluding carboxylic acids is 3. The largest absolute Gasteiger partial charge is 0.394 e. The van der Waals surface area contributed by atoms with E-state index in [0.717, 1.165) is 17.2 Å². The molecule has 3 unspecified atom stereocenters. The van der Waals surface area contributed by atoms with E-state index < -0.39 is 35.1 Å². The zero-order valence-electron chi connectivity index (χ0n) is 21.3. The Morgan fingerprint density at radius 1 is 1.19 bits per heavy atom. The Bertz CT molecular complexity index is 1220. The number of carbonyl (C=O) groups is 3. The van der Waals surface area contributed by atoms with Crippen LogP contribution in [0, 0.1) is 17.8 Å². The van der Waals surface area contributed by atoms with Crippen LogP contribution in [0.15, 0.2) is 42.5 Å². The number of hydrogen-bond acceptors (Lipinski definition) is 5. The fourth-order valence-corrected chi connectivity index (χ4v) is 6.77. The molecule has 2 aromatic rings. The zero-order valence-corrected chi connectivity index (χ0v) is 21.3. The number of aliphatic hydroxyl groups is 1. The van der Waals surface area contributed by atoms with Crippen molar-refractivity contribution in [3.63, 3.8) is 0 Å². The van der Waals surface area contributed by atoms with Crippen LogP contribution in [-0.4, -0.2) is 64.2 Å². The van der Waals surface area contributed by atoms with Gasteiger partial charge in [-0.2, -0.15) is 0 Å². The van der Waals surface area contributed by atoms with Crippen molar-refractivity contribution >= 4 is 34.2 Å². The summed E-state index contributed by atoms with van der Waals surface area (Å²) < 4.78 is 6.67. The van der Waals surface area contributed by atoms with Gasteiger partial charge in [0.2, 0.25) is 17.7 Å². The fraction of sp³-hybridized carbons (Fsp3) is 0.536. The Kier molecular flexibility index (Phi) is 6.08. The molecule has 2 aromatic carbocycles. The summed E-state index contributed by atoms with van der Waals surface area (Å²) in [5, 5.41) is 18.0. The second-order valence-electron chi connectivity index (χ2n) is 10.8. The Morgan fingerprint density at radius 3 is 2.61 bits per heavy atom. The third kappa shape index (κ3) is 3.45. The van der Waals surface area contributed by atoms with Gasteiger partial charge in [-0.1, -0.05) is 44.2 Å². The number of benzene rings is 2. The van der Waals surface area contributed by atoms with Crippen molar-refractivity contribution in [2.75, 3.05) is 18.5 Å². The van der Waals surface area contributed by atoms with Gasteiger partial charge in [-0.3, -0.25) is 14.4 Å². The average Bonchev–Trinajstić information content (AvgIpc) is 3.38. The molecule has 1 spiro atoms. The highest BCUT2D eigenvalue weighted by atomic mass is 16.5. The van der Waals surface area contributed by atoms with E-state index in [0.29, 0.717) is 18.7 Å². The fourth-order valence-electron chi connectivity index (χ4n) is 6.77. The van der Waals surface area contributed by atoms with Crippen LogP contribution in [0.4, 0.5) is 5.69 Å². The van der Waals surface area contributed by atoms with E-state index in [9.17, 15) is 19.5 Å². The van der Waals surface area contributed by atoms with E-state index in [1.165, 1.54) is 4.90 Å². The first-order valence-electron chi connectivity index (χ1n) is 12.9. The molecule has 0 radical (unpaired) electrons. The molecule has 3 aliphatic rings. The van der Waals surface area contributed by atoms with Crippen LogP contribution >= 0.6 is 0 Å². The predicted molar refractivity (Wildman–Crippen MR) is 136 cm³/mol. The van der Waals surface area contributed by atoms with E-state index >= 15 is 0 Å². The highest BCUT2D eigenvalue weighted by Crippen LogP contribution is 2.65. The van der Waals surface area contributed by atoms with Crippen LogP contribution in [-0.2, 0) is 19.1 Å². The minimum absolute atomic E-state index is 0.0284. The lowest BCUT2D eigenvalue weighted by atomic mass is 9.62. The predicted octanol–water partition coefficient (Wildman–Crippen LogP) is 2.70. The van der Waals surface area contributed by atoms with Gasteiger partial charge in [0.15, 0.2) is 0 Å². The van der Waals surface area contributed by atoms with Gasteiger partial charge in [0.05, 0.1) is 30.1 Å². The minimum Gasteiger partial charge on any atom is -0.394 e. The van der Waals surface area contributed by atoms with Crippen molar-refractivity contribution in [2.24, 2.45) is 17.8 Å². The molecule has 3 heterocycles. The van der Waals surface area contributed by atoms with Gasteiger partial charge in [0.25, 0.3) is 0 Å². The number of nitrogens with zero attached hydrogens (tertiary/aromatic N) is 1. The van der Waals surface area contributed by atoms with Crippen molar-refractivity contribution in [3.05, 3.63) is 42.5 Å². The molecule has 7 atom stereocenters. The number of likely N-dealkylation sites (tertiary alicyclic amines) is 1. The lowest BCUT2D eigenvalue weighted by Gasteiger charge is -2.36. The summed E-state index contributed by atoms with van der Waals surface area (Å²) in [6.45, 7) is 7.82. The van der Waals surface area contributed by atoms with Crippen molar-refractivity contribution < 1.29 is 24.2 Å². The molecule has 3 aliphatic heterocycles. The Balaban J connectivity index is 1.54. The van der Waals surface area contributed by atoms with Gasteiger partial charge in [-0.05, 0) is 55.5 Å². The van der Waals surface area contributed by atoms with Gasteiger partial charge >= 0.3 is 0 Å². The number of nitrogens with one attached hydrogen (secondary N) is 2. The zero-order chi connectivity index (χ0) is 25.8. The maximum Gasteiger partial charge on any atom is 0.250 e. The average molecular weight is 494 g/mol. The summed E-state index contributed by atoms with van der Waals surface area (Å²) >= 11 is 0. The van der Waals surface area contributed by atoms with Gasteiger partial charge < -0.3 is 25.4 Å². The topological polar surface area (TPSA) is 108 Å². The molecule has 8 heteroatoms. The molecule has 3 amide bonds. The standard InChI is InChI=1S/C28H35N3O5/c1-5-12-29-24(33)21-22-26(35)31(17(3)15-32)23(28(22)14-16(2)27(21,4)36-28)25(34)30-20-11-10-18-8-6-7-9-19(18)13-20/h6-11,13,16-17,21-23,32H,5,12,14-15H2,1-4H3,(H,29,33)(H,30,34)/t16?,17-,21+,22+,23?,27-,28?/m1/s1. The summed E-state index contributed by atoms with van der Waals surface area (Å²) in [5.74, 6) is -2.39. The molecule has 192 valence electrons. The van der Waals surface area contributed by atoms with Crippen LogP contribution in [0.25, 0.3) is 10.8 Å². The quantitative estimate of drug-likeness (QED) is 0.550. The number of aliphatic hydroxyl groups excluding tert-OH is 1. The van der Waals surface area contributed by atoms with Gasteiger partial charge in [-0.15, -0.1) is 0 Å². The number of amides is 3. The monoisotopic (exact) mass is 493 g/mol. The van der Waals surface area contributed by atoms with Gasteiger partial charge in [0, 0.05) is 12.2 Å². The summed E-state index contributed by atoms with van der Waals surface area (Å²) in [6.07, 6.45) is 1.27. The van der Waals surface area contributed by atoms with Crippen molar-refractivity contribution in [2.45, 2.75) is 63.8 Å². The first kappa shape index (κ1) is 24.7. The van der Waals surface area contributed by atoms with Crippen molar-refractivity contribution in [1.29, 1.82) is 0 Å². The third-order valence-corrected chi connectivity index (χ3v) is 8.59. The molecule has 0 aliphatic carbocycles. The molecule has 0 aromatic heterocycles. The third-order valence-electron chi connectivity index (χ3n) is 8.59. The van der Waals surface area contributed by atoms with Crippen LogP contribution in [0.1, 0.15) is 40.5 Å². The summed E-state index contributed by atoms with van der Waals surface area (Å²) in [5.41, 5.74) is -1.37. The summed E-state index contributed by atoms with van der Waals surface area (Å²) in [4.78, 5) is 42.7. The highest BCUT2D eigenvalue weighted by molar-refractivity contribution is 6.04. The van der Waals surface area contributed by atoms with E-state index in [1.54, 1.807) is 6.92 Å². The number of ether oxygens (including phenoxy) is 1. The lowest BCUT2D eigenvalue weighted by Crippen LogP contribution is -2.56. The Morgan fingerprint density at radius 2 is 1.92 bits per heavy atom. The molecule has 36 heavy (non-hydrogen) atoms. The second-order valence-corrected chi connectivity index (χ2v) is 10.8. The smallest absolute Gasteiger partial charge is 0.250 e. The second kappa shape index (κ2) is 8.85. The maximum atomic E-state index is 13.9. The number of hydrogen-bond donors (Lipinski definition) is 3. The van der Waals surface area contributed by atoms with Crippen LogP contribution in [0.3, 0.4) is 0 Å². The molecule has 2 bridgehead atoms. The molecular weight excluding hydrogens is 458 g/mol. The van der Waals surface area contributed by atoms with E-state index in [1.807, 2.05) is 63.2 Å². The van der Waals surface area contributed by atoms with E-state index in [-0.39, 0.29) is 30.2 Å². The summed E-state index contributed by atoms with van der Waals surface area (Å²) in [7, 11) is 0. The number of fused-ring (bicyclic) bond motifs is 2. The Labute approximate surface area is 211 Å². The van der Waals surface area contributed by atoms with Crippen molar-refractivity contribution in [1.82, 2.24) is 10.2 Å². The molecule has 3 fully saturated rings. The number of anilines is 1. The lowest BCUT2D eigenvalue weighted by molar-refractivity contribution is -0.148. The SMILES string of the molecule is CCCNC(=O)[C@@H]1[C@H]2C(=O)N([C@H](C)CO)C(C(=O)Nc3ccc4ccccc4c3)C23CC(C)[C@@]1(C)O3. The first-order valence-corrected chi connectivity index (χ1v) is 12.9. The molecular formula is C28H35N3O5. The maximum absolute atomic E-state index is 13.9. The minimum atomic E-state index is -1.14. The van der Waals surface area contributed by atoms with E-state index in [2.05, 4.69) is 10.6 Å². The summed E-state index contributed by atoms with van der Waals surface area (Å²) in [6, 6.07) is 12.0. The highest BCUT2D eigenvalue weighted by Gasteiger charge is 2.80. The van der Waals surface area contributed by atoms with Crippen LogP contribution < -0.4 is 10.6 Å². The normalized spacial score (nSPS) is 33.6.